The van der Waals surface area contributed by atoms with Crippen LogP contribution in [0, 0.1) is 0 Å². The largest absolute Gasteiger partial charge is 0.286 e. The lowest BCUT2D eigenvalue weighted by Crippen LogP contribution is -2.53. The lowest BCUT2D eigenvalue weighted by molar-refractivity contribution is 0.106. The molecular formula is C29H22N4OS. The van der Waals surface area contributed by atoms with Gasteiger partial charge in [-0.2, -0.15) is 10.2 Å². The smallest absolute Gasteiger partial charge is 0.234 e. The standard InChI is InChI=1S/C29H22N4OS/c1-21-25-19-11-12-20-26(25)29(32(30-21)23-15-7-3-8-16-23)33(24-17-9-4-10-18-24)31-28(35-29)27(34)22-13-5-2-6-14-22/h2-20H,1H3/t29-/m1/s1. The van der Waals surface area contributed by atoms with Crippen LogP contribution in [-0.2, 0) is 4.99 Å². The third kappa shape index (κ3) is 3.45. The van der Waals surface area contributed by atoms with Gasteiger partial charge >= 0.3 is 0 Å². The van der Waals surface area contributed by atoms with Crippen molar-refractivity contribution < 1.29 is 4.79 Å². The van der Waals surface area contributed by atoms with Gasteiger partial charge in [0.2, 0.25) is 10.8 Å². The first-order valence-electron chi connectivity index (χ1n) is 11.4. The fraction of sp³-hybridized carbons (Fsp3) is 0.0690. The van der Waals surface area contributed by atoms with Crippen molar-refractivity contribution in [3.8, 4) is 0 Å². The second-order valence-electron chi connectivity index (χ2n) is 8.34. The molecule has 0 amide bonds. The lowest BCUT2D eigenvalue weighted by Gasteiger charge is -2.46. The Kier molecular flexibility index (Phi) is 5.23. The average molecular weight is 475 g/mol. The molecule has 4 aromatic carbocycles. The van der Waals surface area contributed by atoms with Crippen LogP contribution in [0.2, 0.25) is 0 Å². The summed E-state index contributed by atoms with van der Waals surface area (Å²) in [4.78, 5) is 12.7. The summed E-state index contributed by atoms with van der Waals surface area (Å²) in [7, 11) is 0. The number of hydrazone groups is 2. The molecule has 6 rings (SSSR count). The molecule has 2 aliphatic rings. The molecule has 2 heterocycles. The van der Waals surface area contributed by atoms with Crippen LogP contribution in [-0.4, -0.2) is 16.5 Å². The van der Waals surface area contributed by atoms with E-state index in [2.05, 4.69) is 12.1 Å². The van der Waals surface area contributed by atoms with E-state index in [0.29, 0.717) is 10.6 Å². The van der Waals surface area contributed by atoms with Crippen LogP contribution >= 0.6 is 11.8 Å². The molecule has 170 valence electrons. The summed E-state index contributed by atoms with van der Waals surface area (Å²) in [6.45, 7) is 2.02. The lowest BCUT2D eigenvalue weighted by atomic mass is 9.98. The zero-order valence-corrected chi connectivity index (χ0v) is 19.9. The fourth-order valence-electron chi connectivity index (χ4n) is 4.54. The molecule has 0 aromatic heterocycles. The summed E-state index contributed by atoms with van der Waals surface area (Å²) in [5, 5.41) is 14.4. The fourth-order valence-corrected chi connectivity index (χ4v) is 5.89. The minimum atomic E-state index is -0.918. The highest BCUT2D eigenvalue weighted by Crippen LogP contribution is 2.54. The van der Waals surface area contributed by atoms with Gasteiger partial charge in [-0.25, -0.2) is 10.0 Å². The van der Waals surface area contributed by atoms with Gasteiger partial charge in [-0.15, -0.1) is 0 Å². The van der Waals surface area contributed by atoms with Gasteiger partial charge in [0.1, 0.15) is 0 Å². The number of hydrogen-bond donors (Lipinski definition) is 0. The summed E-state index contributed by atoms with van der Waals surface area (Å²) in [5.74, 6) is -0.106. The van der Waals surface area contributed by atoms with Gasteiger partial charge in [-0.1, -0.05) is 91.0 Å². The number of hydrogen-bond acceptors (Lipinski definition) is 6. The molecule has 0 N–H and O–H groups in total. The molecule has 0 saturated heterocycles. The molecule has 6 heteroatoms. The molecular weight excluding hydrogens is 452 g/mol. The molecule has 0 saturated carbocycles. The van der Waals surface area contributed by atoms with Crippen molar-refractivity contribution in [2.75, 3.05) is 10.0 Å². The van der Waals surface area contributed by atoms with Crippen molar-refractivity contribution in [1.82, 2.24) is 0 Å². The van der Waals surface area contributed by atoms with Crippen molar-refractivity contribution in [2.24, 2.45) is 10.2 Å². The molecule has 1 spiro atoms. The van der Waals surface area contributed by atoms with Crippen LogP contribution in [0.4, 0.5) is 11.4 Å². The van der Waals surface area contributed by atoms with Gasteiger partial charge in [-0.05, 0) is 43.0 Å². The van der Waals surface area contributed by atoms with Crippen molar-refractivity contribution >= 4 is 39.7 Å². The van der Waals surface area contributed by atoms with E-state index in [1.807, 2.05) is 120 Å². The van der Waals surface area contributed by atoms with E-state index in [4.69, 9.17) is 10.2 Å². The number of rotatable bonds is 4. The number of fused-ring (bicyclic) bond motifs is 2. The van der Waals surface area contributed by atoms with Gasteiger partial charge < -0.3 is 0 Å². The SMILES string of the molecule is CC1=NN(c2ccccc2)[C@]2(SC(C(=O)c3ccccc3)=NN2c2ccccc2)c2ccccc21. The molecule has 0 radical (unpaired) electrons. The van der Waals surface area contributed by atoms with Crippen LogP contribution in [0.15, 0.2) is 125 Å². The number of Topliss-reactive ketones (excluding diaryl/α,β-unsaturated/α-hetero) is 1. The zero-order chi connectivity index (χ0) is 23.8. The van der Waals surface area contributed by atoms with Gasteiger partial charge in [0.15, 0.2) is 5.04 Å². The minimum absolute atomic E-state index is 0.106. The van der Waals surface area contributed by atoms with Crippen LogP contribution in [0.5, 0.6) is 0 Å². The molecule has 0 bridgehead atoms. The maximum Gasteiger partial charge on any atom is 0.234 e. The van der Waals surface area contributed by atoms with Crippen LogP contribution < -0.4 is 10.0 Å². The molecule has 0 aliphatic carbocycles. The second kappa shape index (κ2) is 8.56. The van der Waals surface area contributed by atoms with Crippen LogP contribution in [0.25, 0.3) is 0 Å². The van der Waals surface area contributed by atoms with Crippen LogP contribution in [0.3, 0.4) is 0 Å². The third-order valence-electron chi connectivity index (χ3n) is 6.15. The monoisotopic (exact) mass is 474 g/mol. The highest BCUT2D eigenvalue weighted by atomic mass is 32.2. The van der Waals surface area contributed by atoms with Crippen molar-refractivity contribution in [3.05, 3.63) is 132 Å². The van der Waals surface area contributed by atoms with E-state index in [0.717, 1.165) is 28.2 Å². The highest BCUT2D eigenvalue weighted by Gasteiger charge is 2.55. The molecule has 1 atom stereocenters. The van der Waals surface area contributed by atoms with E-state index < -0.39 is 4.99 Å². The maximum absolute atomic E-state index is 13.6. The Hall–Kier alpha value is -4.16. The second-order valence-corrected chi connectivity index (χ2v) is 9.50. The number of carbonyl (C=O) groups excluding carboxylic acids is 1. The Morgan fingerprint density at radius 2 is 1.20 bits per heavy atom. The van der Waals surface area contributed by atoms with Gasteiger partial charge in [0.25, 0.3) is 0 Å². The van der Waals surface area contributed by atoms with Gasteiger partial charge in [0.05, 0.1) is 17.1 Å². The number of nitrogens with zero attached hydrogens (tertiary/aromatic N) is 4. The molecule has 0 unspecified atom stereocenters. The summed E-state index contributed by atoms with van der Waals surface area (Å²) in [6, 6.07) is 37.6. The average Bonchev–Trinajstić information content (AvgIpc) is 3.33. The van der Waals surface area contributed by atoms with E-state index in [9.17, 15) is 4.79 Å². The summed E-state index contributed by atoms with van der Waals surface area (Å²) < 4.78 is 0. The Labute approximate surface area is 208 Å². The predicted molar refractivity (Wildman–Crippen MR) is 144 cm³/mol. The van der Waals surface area contributed by atoms with E-state index in [-0.39, 0.29) is 5.78 Å². The molecule has 5 nitrogen and oxygen atoms in total. The van der Waals surface area contributed by atoms with E-state index >= 15 is 0 Å². The molecule has 2 aliphatic heterocycles. The normalized spacial score (nSPS) is 18.8. The topological polar surface area (TPSA) is 48.3 Å². The quantitative estimate of drug-likeness (QED) is 0.317. The van der Waals surface area contributed by atoms with E-state index in [1.54, 1.807) is 0 Å². The summed E-state index contributed by atoms with van der Waals surface area (Å²) in [5.41, 5.74) is 5.38. The molecule has 35 heavy (non-hydrogen) atoms. The molecule has 0 fully saturated rings. The van der Waals surface area contributed by atoms with Crippen molar-refractivity contribution in [2.45, 2.75) is 11.9 Å². The van der Waals surface area contributed by atoms with E-state index in [1.165, 1.54) is 11.8 Å². The van der Waals surface area contributed by atoms with Crippen molar-refractivity contribution in [1.29, 1.82) is 0 Å². The highest BCUT2D eigenvalue weighted by molar-refractivity contribution is 8.17. The number of anilines is 2. The zero-order valence-electron chi connectivity index (χ0n) is 19.1. The summed E-state index contributed by atoms with van der Waals surface area (Å²) >= 11 is 1.43. The Morgan fingerprint density at radius 3 is 1.83 bits per heavy atom. The first-order chi connectivity index (χ1) is 17.2. The number of para-hydroxylation sites is 2. The van der Waals surface area contributed by atoms with Gasteiger partial charge in [0, 0.05) is 16.7 Å². The Bertz CT molecular complexity index is 1450. The Balaban J connectivity index is 1.60. The number of ketones is 1. The summed E-state index contributed by atoms with van der Waals surface area (Å²) in [6.07, 6.45) is 0. The molecule has 4 aromatic rings. The van der Waals surface area contributed by atoms with Gasteiger partial charge in [-0.3, -0.25) is 4.79 Å². The minimum Gasteiger partial charge on any atom is -0.286 e. The first kappa shape index (κ1) is 21.4. The van der Waals surface area contributed by atoms with Crippen molar-refractivity contribution in [3.63, 3.8) is 0 Å². The Morgan fingerprint density at radius 1 is 0.686 bits per heavy atom. The first-order valence-corrected chi connectivity index (χ1v) is 12.2. The number of carbonyl (C=O) groups is 1. The predicted octanol–water partition coefficient (Wildman–Crippen LogP) is 6.49. The van der Waals surface area contributed by atoms with Crippen LogP contribution in [0.1, 0.15) is 28.4 Å². The third-order valence-corrected chi connectivity index (χ3v) is 7.46. The number of thioether (sulfide) groups is 1. The number of benzene rings is 4. The maximum atomic E-state index is 13.6.